The fourth-order valence-electron chi connectivity index (χ4n) is 2.72. The Bertz CT molecular complexity index is 965. The minimum atomic E-state index is -0.0857. The third-order valence-electron chi connectivity index (χ3n) is 3.57. The number of pyridine rings is 1. The first-order valence-electron chi connectivity index (χ1n) is 6.52. The van der Waals surface area contributed by atoms with Crippen LogP contribution in [-0.2, 0) is 0 Å². The van der Waals surface area contributed by atoms with Gasteiger partial charge in [-0.15, -0.1) is 0 Å². The minimum Gasteiger partial charge on any atom is -0.308 e. The molecule has 2 aromatic heterocycles. The van der Waals surface area contributed by atoms with Gasteiger partial charge in [-0.25, -0.2) is 0 Å². The zero-order valence-corrected chi connectivity index (χ0v) is 10.7. The number of nitrogens with zero attached hydrogens (tertiary/aromatic N) is 1. The van der Waals surface area contributed by atoms with Crippen molar-refractivity contribution in [3.8, 4) is 5.69 Å². The molecule has 0 aliphatic rings. The monoisotopic (exact) mass is 260 g/mol. The molecule has 0 unspecified atom stereocenters. The van der Waals surface area contributed by atoms with Crippen LogP contribution in [0.2, 0.25) is 0 Å². The average molecular weight is 260 g/mol. The number of H-pyrrole nitrogens is 1. The zero-order valence-electron chi connectivity index (χ0n) is 10.7. The maximum Gasteiger partial charge on any atom is 0.249 e. The van der Waals surface area contributed by atoms with Gasteiger partial charge in [0.05, 0.1) is 5.52 Å². The van der Waals surface area contributed by atoms with E-state index in [2.05, 4.69) is 21.7 Å². The Morgan fingerprint density at radius 1 is 0.750 bits per heavy atom. The fourth-order valence-corrected chi connectivity index (χ4v) is 2.72. The van der Waals surface area contributed by atoms with Gasteiger partial charge in [-0.1, -0.05) is 36.4 Å². The maximum absolute atomic E-state index is 11.7. The van der Waals surface area contributed by atoms with E-state index in [1.165, 1.54) is 0 Å². The quantitative estimate of drug-likeness (QED) is 0.559. The van der Waals surface area contributed by atoms with E-state index >= 15 is 0 Å². The van der Waals surface area contributed by atoms with E-state index in [1.807, 2.05) is 48.5 Å². The highest BCUT2D eigenvalue weighted by atomic mass is 16.1. The Balaban J connectivity index is 2.26. The van der Waals surface area contributed by atoms with Crippen molar-refractivity contribution in [3.63, 3.8) is 0 Å². The van der Waals surface area contributed by atoms with E-state index in [1.54, 1.807) is 6.07 Å². The first-order chi connectivity index (χ1) is 9.84. The lowest BCUT2D eigenvalue weighted by Gasteiger charge is -2.06. The number of hydrogen-bond donors (Lipinski definition) is 1. The van der Waals surface area contributed by atoms with E-state index < -0.39 is 0 Å². The van der Waals surface area contributed by atoms with E-state index in [-0.39, 0.29) is 5.56 Å². The van der Waals surface area contributed by atoms with Gasteiger partial charge in [0.15, 0.2) is 0 Å². The molecule has 3 nitrogen and oxygen atoms in total. The van der Waals surface area contributed by atoms with Crippen LogP contribution in [0, 0.1) is 0 Å². The molecule has 2 heterocycles. The van der Waals surface area contributed by atoms with Gasteiger partial charge < -0.3 is 4.98 Å². The maximum atomic E-state index is 11.7. The standard InChI is InChI=1S/C17H12N2O/c20-16-11-10-14-13-8-4-5-9-15(13)19(17(14)18-16)12-6-2-1-3-7-12/h1-11H,(H,18,20). The molecule has 4 aromatic rings. The molecule has 0 fully saturated rings. The lowest BCUT2D eigenvalue weighted by Crippen LogP contribution is -2.05. The van der Waals surface area contributed by atoms with Crippen molar-refractivity contribution in [3.05, 3.63) is 77.1 Å². The first-order valence-corrected chi connectivity index (χ1v) is 6.52. The van der Waals surface area contributed by atoms with E-state index in [0.717, 1.165) is 27.6 Å². The fraction of sp³-hybridized carbons (Fsp3) is 0. The third kappa shape index (κ3) is 1.50. The molecule has 96 valence electrons. The highest BCUT2D eigenvalue weighted by molar-refractivity contribution is 6.07. The molecule has 0 bridgehead atoms. The van der Waals surface area contributed by atoms with Gasteiger partial charge in [-0.05, 0) is 24.3 Å². The van der Waals surface area contributed by atoms with Crippen molar-refractivity contribution in [2.45, 2.75) is 0 Å². The van der Waals surface area contributed by atoms with Crippen LogP contribution in [0.1, 0.15) is 0 Å². The van der Waals surface area contributed by atoms with Gasteiger partial charge in [0.25, 0.3) is 0 Å². The highest BCUT2D eigenvalue weighted by Crippen LogP contribution is 2.29. The Morgan fingerprint density at radius 2 is 1.50 bits per heavy atom. The molecule has 0 radical (unpaired) electrons. The summed E-state index contributed by atoms with van der Waals surface area (Å²) < 4.78 is 2.09. The predicted octanol–water partition coefficient (Wildman–Crippen LogP) is 3.47. The summed E-state index contributed by atoms with van der Waals surface area (Å²) in [5.41, 5.74) is 2.89. The molecular weight excluding hydrogens is 248 g/mol. The summed E-state index contributed by atoms with van der Waals surface area (Å²) in [6, 6.07) is 21.7. The van der Waals surface area contributed by atoms with Crippen molar-refractivity contribution < 1.29 is 0 Å². The number of fused-ring (bicyclic) bond motifs is 3. The number of aromatic nitrogens is 2. The number of aromatic amines is 1. The second-order valence-electron chi connectivity index (χ2n) is 4.77. The molecule has 4 rings (SSSR count). The van der Waals surface area contributed by atoms with Crippen molar-refractivity contribution >= 4 is 21.9 Å². The predicted molar refractivity (Wildman–Crippen MR) is 81.4 cm³/mol. The molecular formula is C17H12N2O. The van der Waals surface area contributed by atoms with Crippen LogP contribution in [0.25, 0.3) is 27.6 Å². The molecule has 2 aromatic carbocycles. The summed E-state index contributed by atoms with van der Waals surface area (Å²) in [5, 5.41) is 2.20. The van der Waals surface area contributed by atoms with Crippen LogP contribution in [0.15, 0.2) is 71.5 Å². The molecule has 1 N–H and O–H groups in total. The van der Waals surface area contributed by atoms with Gasteiger partial charge in [0, 0.05) is 22.5 Å². The van der Waals surface area contributed by atoms with Gasteiger partial charge in [-0.2, -0.15) is 0 Å². The van der Waals surface area contributed by atoms with Gasteiger partial charge in [0.1, 0.15) is 5.65 Å². The lowest BCUT2D eigenvalue weighted by molar-refractivity contribution is 1.12. The summed E-state index contributed by atoms with van der Waals surface area (Å²) in [4.78, 5) is 14.6. The topological polar surface area (TPSA) is 37.8 Å². The van der Waals surface area contributed by atoms with E-state index in [0.29, 0.717) is 0 Å². The number of para-hydroxylation sites is 2. The SMILES string of the molecule is O=c1ccc2c3ccccc3n(-c3ccccc3)c2[nH]1. The van der Waals surface area contributed by atoms with Gasteiger partial charge >= 0.3 is 0 Å². The lowest BCUT2D eigenvalue weighted by atomic mass is 10.2. The Morgan fingerprint density at radius 3 is 2.35 bits per heavy atom. The number of rotatable bonds is 1. The Kier molecular flexibility index (Phi) is 2.27. The summed E-state index contributed by atoms with van der Waals surface area (Å²) in [5.74, 6) is 0. The molecule has 0 saturated heterocycles. The number of benzene rings is 2. The van der Waals surface area contributed by atoms with Crippen molar-refractivity contribution in [2.24, 2.45) is 0 Å². The highest BCUT2D eigenvalue weighted by Gasteiger charge is 2.11. The summed E-state index contributed by atoms with van der Waals surface area (Å²) in [6.07, 6.45) is 0. The molecule has 0 spiro atoms. The van der Waals surface area contributed by atoms with Crippen LogP contribution >= 0.6 is 0 Å². The summed E-state index contributed by atoms with van der Waals surface area (Å²) in [6.45, 7) is 0. The second-order valence-corrected chi connectivity index (χ2v) is 4.77. The average Bonchev–Trinajstić information content (AvgIpc) is 2.81. The molecule has 3 heteroatoms. The van der Waals surface area contributed by atoms with Crippen LogP contribution in [0.3, 0.4) is 0 Å². The molecule has 0 atom stereocenters. The van der Waals surface area contributed by atoms with Crippen molar-refractivity contribution in [2.75, 3.05) is 0 Å². The van der Waals surface area contributed by atoms with Crippen LogP contribution < -0.4 is 5.56 Å². The van der Waals surface area contributed by atoms with Crippen molar-refractivity contribution in [1.82, 2.24) is 9.55 Å². The molecule has 20 heavy (non-hydrogen) atoms. The largest absolute Gasteiger partial charge is 0.308 e. The zero-order chi connectivity index (χ0) is 13.5. The molecule has 0 aliphatic heterocycles. The van der Waals surface area contributed by atoms with Crippen molar-refractivity contribution in [1.29, 1.82) is 0 Å². The van der Waals surface area contributed by atoms with E-state index in [4.69, 9.17) is 0 Å². The van der Waals surface area contributed by atoms with Gasteiger partial charge in [-0.3, -0.25) is 9.36 Å². The normalized spacial score (nSPS) is 11.2. The van der Waals surface area contributed by atoms with Gasteiger partial charge in [0.2, 0.25) is 5.56 Å². The first kappa shape index (κ1) is 11.1. The second kappa shape index (κ2) is 4.10. The summed E-state index contributed by atoms with van der Waals surface area (Å²) in [7, 11) is 0. The molecule has 0 aliphatic carbocycles. The smallest absolute Gasteiger partial charge is 0.249 e. The molecule has 0 amide bonds. The van der Waals surface area contributed by atoms with Crippen LogP contribution in [0.5, 0.6) is 0 Å². The van der Waals surface area contributed by atoms with Crippen LogP contribution in [0.4, 0.5) is 0 Å². The Hall–Kier alpha value is -2.81. The van der Waals surface area contributed by atoms with E-state index in [9.17, 15) is 4.79 Å². The number of hydrogen-bond acceptors (Lipinski definition) is 1. The minimum absolute atomic E-state index is 0.0857. The number of nitrogens with one attached hydrogen (secondary N) is 1. The summed E-state index contributed by atoms with van der Waals surface area (Å²) >= 11 is 0. The van der Waals surface area contributed by atoms with Crippen LogP contribution in [-0.4, -0.2) is 9.55 Å². The molecule has 0 saturated carbocycles. The third-order valence-corrected chi connectivity index (χ3v) is 3.57. The Labute approximate surface area is 115 Å².